The summed E-state index contributed by atoms with van der Waals surface area (Å²) in [6.07, 6.45) is 1.14. The molecule has 3 nitrogen and oxygen atoms in total. The summed E-state index contributed by atoms with van der Waals surface area (Å²) in [5, 5.41) is 3.46. The molecule has 1 heterocycles. The van der Waals surface area contributed by atoms with Crippen molar-refractivity contribution in [3.8, 4) is 0 Å². The predicted octanol–water partition coefficient (Wildman–Crippen LogP) is 2.29. The Bertz CT molecular complexity index is 398. The van der Waals surface area contributed by atoms with Crippen LogP contribution >= 0.6 is 0 Å². The van der Waals surface area contributed by atoms with Crippen molar-refractivity contribution in [2.75, 3.05) is 39.9 Å². The zero-order chi connectivity index (χ0) is 13.7. The van der Waals surface area contributed by atoms with Gasteiger partial charge in [0.1, 0.15) is 0 Å². The third kappa shape index (κ3) is 4.03. The van der Waals surface area contributed by atoms with Gasteiger partial charge in [-0.3, -0.25) is 4.90 Å². The Morgan fingerprint density at radius 1 is 1.26 bits per heavy atom. The van der Waals surface area contributed by atoms with Crippen molar-refractivity contribution >= 4 is 0 Å². The number of hydrogen-bond donors (Lipinski definition) is 1. The summed E-state index contributed by atoms with van der Waals surface area (Å²) in [5.41, 5.74) is 4.13. The Balaban J connectivity index is 2.06. The van der Waals surface area contributed by atoms with Crippen LogP contribution in [0.1, 0.15) is 29.2 Å². The molecule has 2 rings (SSSR count). The van der Waals surface area contributed by atoms with E-state index in [1.807, 2.05) is 0 Å². The maximum Gasteiger partial charge on any atom is 0.0593 e. The van der Waals surface area contributed by atoms with Gasteiger partial charge in [0, 0.05) is 32.3 Å². The molecule has 0 saturated carbocycles. The summed E-state index contributed by atoms with van der Waals surface area (Å²) >= 11 is 0. The molecule has 1 aromatic carbocycles. The van der Waals surface area contributed by atoms with Gasteiger partial charge in [0.25, 0.3) is 0 Å². The second-order valence-corrected chi connectivity index (χ2v) is 5.47. The normalized spacial score (nSPS) is 19.1. The summed E-state index contributed by atoms with van der Waals surface area (Å²) in [6.45, 7) is 9.37. The molecule has 19 heavy (non-hydrogen) atoms. The van der Waals surface area contributed by atoms with Gasteiger partial charge in [-0.15, -0.1) is 0 Å². The summed E-state index contributed by atoms with van der Waals surface area (Å²) < 4.78 is 5.52. The van der Waals surface area contributed by atoms with Crippen molar-refractivity contribution < 1.29 is 4.74 Å². The lowest BCUT2D eigenvalue weighted by Gasteiger charge is -2.27. The lowest BCUT2D eigenvalue weighted by molar-refractivity contribution is 0.139. The lowest BCUT2D eigenvalue weighted by atomic mass is 9.99. The number of ether oxygens (including phenoxy) is 1. The van der Waals surface area contributed by atoms with E-state index in [4.69, 9.17) is 4.74 Å². The highest BCUT2D eigenvalue weighted by molar-refractivity contribution is 5.33. The lowest BCUT2D eigenvalue weighted by Crippen LogP contribution is -2.35. The molecule has 106 valence electrons. The summed E-state index contributed by atoms with van der Waals surface area (Å²) in [6, 6.07) is 7.14. The zero-order valence-electron chi connectivity index (χ0n) is 12.4. The minimum absolute atomic E-state index is 0.402. The van der Waals surface area contributed by atoms with Crippen LogP contribution in [-0.2, 0) is 4.74 Å². The molecule has 3 heteroatoms. The second-order valence-electron chi connectivity index (χ2n) is 5.47. The van der Waals surface area contributed by atoms with Crippen molar-refractivity contribution in [2.24, 2.45) is 0 Å². The van der Waals surface area contributed by atoms with Crippen LogP contribution in [0.25, 0.3) is 0 Å². The Morgan fingerprint density at radius 2 is 2.11 bits per heavy atom. The van der Waals surface area contributed by atoms with Crippen LogP contribution in [0.15, 0.2) is 18.2 Å². The van der Waals surface area contributed by atoms with E-state index in [0.717, 1.165) is 39.3 Å². The fourth-order valence-electron chi connectivity index (χ4n) is 2.80. The smallest absolute Gasteiger partial charge is 0.0593 e. The van der Waals surface area contributed by atoms with E-state index in [-0.39, 0.29) is 0 Å². The SMILES string of the molecule is CNC(CN1CCCOCC1)c1ccc(C)cc1C. The predicted molar refractivity (Wildman–Crippen MR) is 79.6 cm³/mol. The molecule has 1 aliphatic heterocycles. The Kier molecular flexibility index (Phi) is 5.37. The van der Waals surface area contributed by atoms with E-state index in [9.17, 15) is 0 Å². The van der Waals surface area contributed by atoms with Crippen molar-refractivity contribution in [3.63, 3.8) is 0 Å². The third-order valence-electron chi connectivity index (χ3n) is 3.90. The number of likely N-dealkylation sites (N-methyl/N-ethyl adjacent to an activating group) is 1. The average molecular weight is 262 g/mol. The molecule has 1 aromatic rings. The van der Waals surface area contributed by atoms with E-state index >= 15 is 0 Å². The summed E-state index contributed by atoms with van der Waals surface area (Å²) in [5.74, 6) is 0. The van der Waals surface area contributed by atoms with Gasteiger partial charge in [0.15, 0.2) is 0 Å². The molecule has 0 spiro atoms. The molecule has 0 radical (unpaired) electrons. The van der Waals surface area contributed by atoms with E-state index in [1.165, 1.54) is 16.7 Å². The van der Waals surface area contributed by atoms with Crippen molar-refractivity contribution in [1.29, 1.82) is 0 Å². The molecule has 0 aromatic heterocycles. The molecular weight excluding hydrogens is 236 g/mol. The van der Waals surface area contributed by atoms with E-state index in [1.54, 1.807) is 0 Å². The second kappa shape index (κ2) is 7.04. The molecule has 0 aliphatic carbocycles. The average Bonchev–Trinajstić information content (AvgIpc) is 2.65. The molecular formula is C16H26N2O. The highest BCUT2D eigenvalue weighted by atomic mass is 16.5. The number of aryl methyl sites for hydroxylation is 2. The van der Waals surface area contributed by atoms with E-state index in [0.29, 0.717) is 6.04 Å². The third-order valence-corrected chi connectivity index (χ3v) is 3.90. The highest BCUT2D eigenvalue weighted by Gasteiger charge is 2.17. The molecule has 1 fully saturated rings. The van der Waals surface area contributed by atoms with Crippen LogP contribution in [0.5, 0.6) is 0 Å². The van der Waals surface area contributed by atoms with Gasteiger partial charge in [0.05, 0.1) is 6.61 Å². The van der Waals surface area contributed by atoms with Gasteiger partial charge in [-0.05, 0) is 38.4 Å². The fourth-order valence-corrected chi connectivity index (χ4v) is 2.80. The first-order chi connectivity index (χ1) is 9.20. The van der Waals surface area contributed by atoms with Crippen LogP contribution in [0.4, 0.5) is 0 Å². The van der Waals surface area contributed by atoms with Crippen LogP contribution < -0.4 is 5.32 Å². The first kappa shape index (κ1) is 14.5. The van der Waals surface area contributed by atoms with Gasteiger partial charge in [-0.2, -0.15) is 0 Å². The number of nitrogens with zero attached hydrogens (tertiary/aromatic N) is 1. The molecule has 0 amide bonds. The molecule has 0 bridgehead atoms. The topological polar surface area (TPSA) is 24.5 Å². The monoisotopic (exact) mass is 262 g/mol. The molecule has 1 saturated heterocycles. The van der Waals surface area contributed by atoms with Gasteiger partial charge in [-0.25, -0.2) is 0 Å². The van der Waals surface area contributed by atoms with Crippen LogP contribution in [-0.4, -0.2) is 44.8 Å². The highest BCUT2D eigenvalue weighted by Crippen LogP contribution is 2.20. The standard InChI is InChI=1S/C16H26N2O/c1-13-5-6-15(14(2)11-13)16(17-3)12-18-7-4-9-19-10-8-18/h5-6,11,16-17H,4,7-10,12H2,1-3H3. The van der Waals surface area contributed by atoms with Crippen molar-refractivity contribution in [3.05, 3.63) is 34.9 Å². The summed E-state index contributed by atoms with van der Waals surface area (Å²) in [7, 11) is 2.05. The molecule has 1 N–H and O–H groups in total. The van der Waals surface area contributed by atoms with Crippen LogP contribution in [0.3, 0.4) is 0 Å². The van der Waals surface area contributed by atoms with E-state index < -0.39 is 0 Å². The largest absolute Gasteiger partial charge is 0.380 e. The minimum Gasteiger partial charge on any atom is -0.380 e. The van der Waals surface area contributed by atoms with Crippen molar-refractivity contribution in [2.45, 2.75) is 26.3 Å². The van der Waals surface area contributed by atoms with Gasteiger partial charge < -0.3 is 10.1 Å². The maximum absolute atomic E-state index is 5.52. The quantitative estimate of drug-likeness (QED) is 0.901. The van der Waals surface area contributed by atoms with Gasteiger partial charge >= 0.3 is 0 Å². The van der Waals surface area contributed by atoms with Gasteiger partial charge in [-0.1, -0.05) is 23.8 Å². The molecule has 1 atom stereocenters. The number of benzene rings is 1. The summed E-state index contributed by atoms with van der Waals surface area (Å²) in [4.78, 5) is 2.51. The molecule has 1 unspecified atom stereocenters. The fraction of sp³-hybridized carbons (Fsp3) is 0.625. The number of hydrogen-bond acceptors (Lipinski definition) is 3. The van der Waals surface area contributed by atoms with Crippen molar-refractivity contribution in [1.82, 2.24) is 10.2 Å². The van der Waals surface area contributed by atoms with Gasteiger partial charge in [0.2, 0.25) is 0 Å². The first-order valence-electron chi connectivity index (χ1n) is 7.25. The minimum atomic E-state index is 0.402. The first-order valence-corrected chi connectivity index (χ1v) is 7.25. The number of rotatable bonds is 4. The van der Waals surface area contributed by atoms with Crippen LogP contribution in [0.2, 0.25) is 0 Å². The molecule has 1 aliphatic rings. The zero-order valence-corrected chi connectivity index (χ0v) is 12.4. The van der Waals surface area contributed by atoms with Crippen LogP contribution in [0, 0.1) is 13.8 Å². The number of nitrogens with one attached hydrogen (secondary N) is 1. The Hall–Kier alpha value is -0.900. The maximum atomic E-state index is 5.52. The Morgan fingerprint density at radius 3 is 2.84 bits per heavy atom. The Labute approximate surface area is 116 Å². The van der Waals surface area contributed by atoms with E-state index in [2.05, 4.69) is 49.3 Å².